The molecule has 0 spiro atoms. The van der Waals surface area contributed by atoms with E-state index in [2.05, 4.69) is 10.6 Å². The Morgan fingerprint density at radius 3 is 2.64 bits per heavy atom. The van der Waals surface area contributed by atoms with Crippen LogP contribution in [0.15, 0.2) is 24.3 Å². The fourth-order valence-corrected chi connectivity index (χ4v) is 1.73. The van der Waals surface area contributed by atoms with Crippen LogP contribution < -0.4 is 10.6 Å². The molecule has 1 rings (SSSR count). The van der Waals surface area contributed by atoms with Crippen LogP contribution in [0.1, 0.15) is 18.9 Å². The van der Waals surface area contributed by atoms with Crippen molar-refractivity contribution in [2.75, 3.05) is 25.5 Å². The van der Waals surface area contributed by atoms with Gasteiger partial charge in [-0.05, 0) is 24.1 Å². The summed E-state index contributed by atoms with van der Waals surface area (Å²) in [6, 6.07) is 6.98. The molecule has 0 aromatic heterocycles. The molecule has 0 bridgehead atoms. The van der Waals surface area contributed by atoms with E-state index in [9.17, 15) is 14.4 Å². The molecule has 0 aliphatic carbocycles. The number of hydrogen-bond acceptors (Lipinski definition) is 3. The van der Waals surface area contributed by atoms with Crippen molar-refractivity contribution in [3.63, 3.8) is 0 Å². The van der Waals surface area contributed by atoms with E-state index < -0.39 is 12.0 Å². The first-order valence-corrected chi connectivity index (χ1v) is 7.02. The van der Waals surface area contributed by atoms with Crippen LogP contribution in [-0.2, 0) is 16.0 Å². The molecule has 0 aliphatic rings. The summed E-state index contributed by atoms with van der Waals surface area (Å²) in [6.45, 7) is 1.93. The number of carbonyl (C=O) groups is 3. The van der Waals surface area contributed by atoms with Gasteiger partial charge in [-0.25, -0.2) is 4.79 Å². The molecule has 3 N–H and O–H groups in total. The number of nitrogens with one attached hydrogen (secondary N) is 2. The Morgan fingerprint density at radius 1 is 1.27 bits per heavy atom. The monoisotopic (exact) mass is 307 g/mol. The summed E-state index contributed by atoms with van der Waals surface area (Å²) in [4.78, 5) is 35.1. The summed E-state index contributed by atoms with van der Waals surface area (Å²) >= 11 is 0. The first-order chi connectivity index (χ1) is 10.4. The molecule has 3 amide bonds. The fourth-order valence-electron chi connectivity index (χ4n) is 1.73. The maximum atomic E-state index is 11.8. The molecule has 22 heavy (non-hydrogen) atoms. The van der Waals surface area contributed by atoms with Crippen molar-refractivity contribution < 1.29 is 19.5 Å². The zero-order valence-corrected chi connectivity index (χ0v) is 12.8. The number of rotatable bonds is 7. The number of aryl methyl sites for hydroxylation is 1. The number of carbonyl (C=O) groups excluding carboxylic acids is 2. The van der Waals surface area contributed by atoms with Gasteiger partial charge in [0, 0.05) is 19.3 Å². The van der Waals surface area contributed by atoms with Crippen molar-refractivity contribution in [3.8, 4) is 0 Å². The lowest BCUT2D eigenvalue weighted by Gasteiger charge is -2.16. The number of hydrogen-bond donors (Lipinski definition) is 3. The highest BCUT2D eigenvalue weighted by Crippen LogP contribution is 2.10. The smallest absolute Gasteiger partial charge is 0.317 e. The Bertz CT molecular complexity index is 545. The standard InChI is InChI=1S/C15H21N3O4/c1-3-11-5-4-6-12(9-11)17-13(19)10-16-15(22)18(2)8-7-14(20)21/h4-6,9H,3,7-8,10H2,1-2H3,(H,16,22)(H,17,19)(H,20,21). The summed E-state index contributed by atoms with van der Waals surface area (Å²) in [5.41, 5.74) is 1.79. The van der Waals surface area contributed by atoms with E-state index in [1.807, 2.05) is 25.1 Å². The molecule has 1 aromatic carbocycles. The number of anilines is 1. The number of carboxylic acid groups (broad SMARTS) is 1. The van der Waals surface area contributed by atoms with Gasteiger partial charge >= 0.3 is 12.0 Å². The number of nitrogens with zero attached hydrogens (tertiary/aromatic N) is 1. The molecular weight excluding hydrogens is 286 g/mol. The molecule has 0 heterocycles. The lowest BCUT2D eigenvalue weighted by molar-refractivity contribution is -0.137. The third-order valence-electron chi connectivity index (χ3n) is 3.03. The zero-order chi connectivity index (χ0) is 16.5. The maximum Gasteiger partial charge on any atom is 0.317 e. The second-order valence-electron chi connectivity index (χ2n) is 4.83. The number of aliphatic carboxylic acids is 1. The first kappa shape index (κ1) is 17.5. The highest BCUT2D eigenvalue weighted by Gasteiger charge is 2.11. The van der Waals surface area contributed by atoms with Crippen molar-refractivity contribution in [3.05, 3.63) is 29.8 Å². The van der Waals surface area contributed by atoms with Gasteiger partial charge in [-0.15, -0.1) is 0 Å². The molecule has 0 saturated carbocycles. The van der Waals surface area contributed by atoms with Crippen LogP contribution >= 0.6 is 0 Å². The quantitative estimate of drug-likeness (QED) is 0.707. The summed E-state index contributed by atoms with van der Waals surface area (Å²) in [6.07, 6.45) is 0.731. The lowest BCUT2D eigenvalue weighted by atomic mass is 10.1. The molecule has 1 aromatic rings. The van der Waals surface area contributed by atoms with E-state index in [1.54, 1.807) is 6.07 Å². The van der Waals surface area contributed by atoms with Gasteiger partial charge in [0.2, 0.25) is 5.91 Å². The topological polar surface area (TPSA) is 98.7 Å². The lowest BCUT2D eigenvalue weighted by Crippen LogP contribution is -2.41. The Morgan fingerprint density at radius 2 is 2.00 bits per heavy atom. The second-order valence-corrected chi connectivity index (χ2v) is 4.83. The molecule has 0 atom stereocenters. The van der Waals surface area contributed by atoms with Crippen molar-refractivity contribution in [1.29, 1.82) is 0 Å². The number of amides is 3. The summed E-state index contributed by atoms with van der Waals surface area (Å²) in [7, 11) is 1.47. The van der Waals surface area contributed by atoms with Crippen LogP contribution in [-0.4, -0.2) is 48.1 Å². The summed E-state index contributed by atoms with van der Waals surface area (Å²) < 4.78 is 0. The van der Waals surface area contributed by atoms with Gasteiger partial charge in [0.15, 0.2) is 0 Å². The van der Waals surface area contributed by atoms with Crippen LogP contribution in [0.3, 0.4) is 0 Å². The number of carboxylic acids is 1. The van der Waals surface area contributed by atoms with Gasteiger partial charge in [-0.2, -0.15) is 0 Å². The fraction of sp³-hybridized carbons (Fsp3) is 0.400. The highest BCUT2D eigenvalue weighted by atomic mass is 16.4. The Labute approximate surface area is 129 Å². The molecule has 0 saturated heterocycles. The predicted octanol–water partition coefficient (Wildman–Crippen LogP) is 1.30. The first-order valence-electron chi connectivity index (χ1n) is 7.02. The van der Waals surface area contributed by atoms with Gasteiger partial charge in [-0.3, -0.25) is 9.59 Å². The normalized spacial score (nSPS) is 9.91. The predicted molar refractivity (Wildman–Crippen MR) is 82.7 cm³/mol. The molecule has 0 radical (unpaired) electrons. The Balaban J connectivity index is 2.38. The largest absolute Gasteiger partial charge is 0.481 e. The minimum Gasteiger partial charge on any atom is -0.481 e. The third kappa shape index (κ3) is 6.25. The van der Waals surface area contributed by atoms with Gasteiger partial charge < -0.3 is 20.6 Å². The maximum absolute atomic E-state index is 11.8. The van der Waals surface area contributed by atoms with Gasteiger partial charge in [0.05, 0.1) is 13.0 Å². The molecule has 120 valence electrons. The number of benzene rings is 1. The van der Waals surface area contributed by atoms with Crippen molar-refractivity contribution in [1.82, 2.24) is 10.2 Å². The molecule has 7 nitrogen and oxygen atoms in total. The van der Waals surface area contributed by atoms with Crippen LogP contribution in [0, 0.1) is 0 Å². The van der Waals surface area contributed by atoms with E-state index in [1.165, 1.54) is 11.9 Å². The molecule has 0 aliphatic heterocycles. The SMILES string of the molecule is CCc1cccc(NC(=O)CNC(=O)N(C)CCC(=O)O)c1. The van der Waals surface area contributed by atoms with Gasteiger partial charge in [0.25, 0.3) is 0 Å². The molecular formula is C15H21N3O4. The number of urea groups is 1. The average molecular weight is 307 g/mol. The van der Waals surface area contributed by atoms with Crippen molar-refractivity contribution in [2.24, 2.45) is 0 Å². The highest BCUT2D eigenvalue weighted by molar-refractivity contribution is 5.94. The minimum atomic E-state index is -0.979. The average Bonchev–Trinajstić information content (AvgIpc) is 2.50. The van der Waals surface area contributed by atoms with Crippen molar-refractivity contribution >= 4 is 23.6 Å². The molecule has 0 fully saturated rings. The van der Waals surface area contributed by atoms with Crippen LogP contribution in [0.25, 0.3) is 0 Å². The van der Waals surface area contributed by atoms with Crippen LogP contribution in [0.4, 0.5) is 10.5 Å². The van der Waals surface area contributed by atoms with Gasteiger partial charge in [0.1, 0.15) is 0 Å². The molecule has 0 unspecified atom stereocenters. The summed E-state index contributed by atoms with van der Waals surface area (Å²) in [5, 5.41) is 13.7. The van der Waals surface area contributed by atoms with E-state index in [0.717, 1.165) is 12.0 Å². The molecule has 7 heteroatoms. The zero-order valence-electron chi connectivity index (χ0n) is 12.8. The third-order valence-corrected chi connectivity index (χ3v) is 3.03. The van der Waals surface area contributed by atoms with Crippen LogP contribution in [0.5, 0.6) is 0 Å². The van der Waals surface area contributed by atoms with Gasteiger partial charge in [-0.1, -0.05) is 19.1 Å². The van der Waals surface area contributed by atoms with E-state index in [0.29, 0.717) is 5.69 Å². The van der Waals surface area contributed by atoms with Crippen molar-refractivity contribution in [2.45, 2.75) is 19.8 Å². The van der Waals surface area contributed by atoms with E-state index >= 15 is 0 Å². The Hall–Kier alpha value is -2.57. The van der Waals surface area contributed by atoms with E-state index in [4.69, 9.17) is 5.11 Å². The second kappa shape index (κ2) is 8.66. The summed E-state index contributed by atoms with van der Waals surface area (Å²) in [5.74, 6) is -1.32. The van der Waals surface area contributed by atoms with Crippen LogP contribution in [0.2, 0.25) is 0 Å². The minimum absolute atomic E-state index is 0.0847. The Kier molecular flexibility index (Phi) is 6.88. The van der Waals surface area contributed by atoms with E-state index in [-0.39, 0.29) is 25.4 Å².